The lowest BCUT2D eigenvalue weighted by Gasteiger charge is -2.23. The number of carbonyl (C=O) groups is 1. The van der Waals surface area contributed by atoms with E-state index in [1.165, 1.54) is 17.0 Å². The topological polar surface area (TPSA) is 101 Å². The molecular formula is C11H13FN2O4S. The van der Waals surface area contributed by atoms with Gasteiger partial charge in [-0.05, 0) is 31.0 Å². The molecule has 0 amide bonds. The van der Waals surface area contributed by atoms with Crippen LogP contribution < -0.4 is 10.0 Å². The molecule has 0 bridgehead atoms. The monoisotopic (exact) mass is 288 g/mol. The van der Waals surface area contributed by atoms with Gasteiger partial charge in [0.25, 0.3) is 0 Å². The van der Waals surface area contributed by atoms with Gasteiger partial charge >= 0.3 is 5.97 Å². The van der Waals surface area contributed by atoms with Crippen molar-refractivity contribution in [3.63, 3.8) is 0 Å². The highest BCUT2D eigenvalue weighted by Gasteiger charge is 2.32. The number of carboxylic acid groups (broad SMARTS) is 1. The van der Waals surface area contributed by atoms with E-state index in [9.17, 15) is 17.6 Å². The van der Waals surface area contributed by atoms with E-state index in [2.05, 4.69) is 0 Å². The second-order valence-electron chi connectivity index (χ2n) is 4.41. The summed E-state index contributed by atoms with van der Waals surface area (Å²) in [4.78, 5) is 11.9. The summed E-state index contributed by atoms with van der Waals surface area (Å²) in [5.74, 6) is -1.86. The molecule has 19 heavy (non-hydrogen) atoms. The highest BCUT2D eigenvalue weighted by molar-refractivity contribution is 7.89. The first-order valence-electron chi connectivity index (χ1n) is 5.60. The lowest BCUT2D eigenvalue weighted by molar-refractivity contribution is -0.135. The van der Waals surface area contributed by atoms with E-state index >= 15 is 0 Å². The molecule has 0 radical (unpaired) electrons. The van der Waals surface area contributed by atoms with Crippen molar-refractivity contribution in [1.82, 2.24) is 0 Å². The Morgan fingerprint density at radius 1 is 1.47 bits per heavy atom. The second kappa shape index (κ2) is 4.78. The molecule has 104 valence electrons. The maximum absolute atomic E-state index is 13.9. The fourth-order valence-electron chi connectivity index (χ4n) is 1.84. The third-order valence-electron chi connectivity index (χ3n) is 2.85. The van der Waals surface area contributed by atoms with E-state index < -0.39 is 21.8 Å². The van der Waals surface area contributed by atoms with Crippen molar-refractivity contribution in [3.05, 3.63) is 24.0 Å². The number of nitrogens with two attached hydrogens (primary N) is 1. The van der Waals surface area contributed by atoms with Gasteiger partial charge in [-0.2, -0.15) is 0 Å². The Labute approximate surface area is 109 Å². The van der Waals surface area contributed by atoms with Crippen LogP contribution in [0.5, 0.6) is 0 Å². The molecule has 1 aromatic carbocycles. The number of carboxylic acids is 1. The minimum atomic E-state index is -3.97. The Balaban J connectivity index is 2.36. The summed E-state index contributed by atoms with van der Waals surface area (Å²) in [5.41, 5.74) is 0.0808. The van der Waals surface area contributed by atoms with Crippen LogP contribution in [0.15, 0.2) is 23.1 Å². The number of anilines is 1. The Morgan fingerprint density at radius 2 is 2.11 bits per heavy atom. The molecule has 1 saturated carbocycles. The van der Waals surface area contributed by atoms with Crippen molar-refractivity contribution in [2.24, 2.45) is 5.14 Å². The highest BCUT2D eigenvalue weighted by atomic mass is 32.2. The van der Waals surface area contributed by atoms with E-state index in [4.69, 9.17) is 10.2 Å². The van der Waals surface area contributed by atoms with Crippen LogP contribution in [0.1, 0.15) is 12.8 Å². The number of hydrogen-bond donors (Lipinski definition) is 2. The number of sulfonamides is 1. The van der Waals surface area contributed by atoms with Gasteiger partial charge in [0, 0.05) is 6.04 Å². The normalized spacial score (nSPS) is 15.3. The van der Waals surface area contributed by atoms with Crippen LogP contribution in [0, 0.1) is 5.82 Å². The molecule has 1 aliphatic carbocycles. The number of primary sulfonamides is 1. The third-order valence-corrected chi connectivity index (χ3v) is 3.76. The van der Waals surface area contributed by atoms with Crippen LogP contribution >= 0.6 is 0 Å². The average molecular weight is 288 g/mol. The lowest BCUT2D eigenvalue weighted by Crippen LogP contribution is -2.32. The summed E-state index contributed by atoms with van der Waals surface area (Å²) in [5, 5.41) is 13.7. The molecule has 0 atom stereocenters. The first kappa shape index (κ1) is 13.8. The van der Waals surface area contributed by atoms with Crippen LogP contribution in [0.25, 0.3) is 0 Å². The van der Waals surface area contributed by atoms with E-state index in [1.54, 1.807) is 0 Å². The second-order valence-corrected chi connectivity index (χ2v) is 5.97. The Morgan fingerprint density at radius 3 is 2.53 bits per heavy atom. The summed E-state index contributed by atoms with van der Waals surface area (Å²) in [6, 6.07) is 3.22. The summed E-state index contributed by atoms with van der Waals surface area (Å²) < 4.78 is 36.1. The van der Waals surface area contributed by atoms with Gasteiger partial charge in [-0.3, -0.25) is 4.79 Å². The summed E-state index contributed by atoms with van der Waals surface area (Å²) in [6.07, 6.45) is 1.59. The average Bonchev–Trinajstić information content (AvgIpc) is 3.08. The molecule has 0 heterocycles. The van der Waals surface area contributed by atoms with Gasteiger partial charge in [0.1, 0.15) is 12.4 Å². The van der Waals surface area contributed by atoms with Gasteiger partial charge in [0.2, 0.25) is 10.0 Å². The smallest absolute Gasteiger partial charge is 0.323 e. The number of nitrogens with zero attached hydrogens (tertiary/aromatic N) is 1. The predicted octanol–water partition coefficient (Wildman–Crippen LogP) is 0.526. The van der Waals surface area contributed by atoms with Gasteiger partial charge in [0.05, 0.1) is 10.6 Å². The zero-order valence-electron chi connectivity index (χ0n) is 9.91. The summed E-state index contributed by atoms with van der Waals surface area (Å²) in [6.45, 7) is -0.323. The molecule has 0 spiro atoms. The molecule has 2 rings (SSSR count). The number of rotatable bonds is 5. The van der Waals surface area contributed by atoms with E-state index in [-0.39, 0.29) is 23.2 Å². The lowest BCUT2D eigenvalue weighted by atomic mass is 10.2. The molecule has 8 heteroatoms. The summed E-state index contributed by atoms with van der Waals surface area (Å²) >= 11 is 0. The number of aliphatic carboxylic acids is 1. The molecule has 0 aromatic heterocycles. The standard InChI is InChI=1S/C11H13FN2O4S/c12-9-5-8(19(13,17)18)3-4-10(9)14(6-11(15)16)7-1-2-7/h3-5,7H,1-2,6H2,(H,15,16)(H2,13,17,18). The first-order chi connectivity index (χ1) is 8.79. The molecule has 3 N–H and O–H groups in total. The number of benzene rings is 1. The largest absolute Gasteiger partial charge is 0.480 e. The molecular weight excluding hydrogens is 275 g/mol. The van der Waals surface area contributed by atoms with E-state index in [1.807, 2.05) is 0 Å². The van der Waals surface area contributed by atoms with Crippen LogP contribution in [0.2, 0.25) is 0 Å². The fourth-order valence-corrected chi connectivity index (χ4v) is 2.37. The van der Waals surface area contributed by atoms with Crippen LogP contribution in [-0.4, -0.2) is 32.1 Å². The summed E-state index contributed by atoms with van der Waals surface area (Å²) in [7, 11) is -3.97. The van der Waals surface area contributed by atoms with Crippen molar-refractivity contribution >= 4 is 21.7 Å². The zero-order chi connectivity index (χ0) is 14.2. The number of hydrogen-bond acceptors (Lipinski definition) is 4. The fraction of sp³-hybridized carbons (Fsp3) is 0.364. The maximum atomic E-state index is 13.9. The van der Waals surface area contributed by atoms with Crippen molar-refractivity contribution in [2.45, 2.75) is 23.8 Å². The zero-order valence-corrected chi connectivity index (χ0v) is 10.7. The van der Waals surface area contributed by atoms with E-state index in [0.29, 0.717) is 0 Å². The Hall–Kier alpha value is -1.67. The van der Waals surface area contributed by atoms with Crippen molar-refractivity contribution in [1.29, 1.82) is 0 Å². The maximum Gasteiger partial charge on any atom is 0.323 e. The van der Waals surface area contributed by atoms with Crippen molar-refractivity contribution in [2.75, 3.05) is 11.4 Å². The quantitative estimate of drug-likeness (QED) is 0.823. The van der Waals surface area contributed by atoms with Crippen LogP contribution in [0.3, 0.4) is 0 Å². The molecule has 0 aliphatic heterocycles. The van der Waals surface area contributed by atoms with Crippen molar-refractivity contribution < 1.29 is 22.7 Å². The SMILES string of the molecule is NS(=O)(=O)c1ccc(N(CC(=O)O)C2CC2)c(F)c1. The predicted molar refractivity (Wildman–Crippen MR) is 65.8 cm³/mol. The minimum absolute atomic E-state index is 0.00839. The molecule has 0 saturated heterocycles. The van der Waals surface area contributed by atoms with Crippen LogP contribution in [-0.2, 0) is 14.8 Å². The van der Waals surface area contributed by atoms with Gasteiger partial charge in [-0.1, -0.05) is 0 Å². The number of halogens is 1. The Bertz CT molecular complexity index is 613. The molecule has 1 fully saturated rings. The molecule has 1 aromatic rings. The van der Waals surface area contributed by atoms with Crippen molar-refractivity contribution in [3.8, 4) is 0 Å². The van der Waals surface area contributed by atoms with E-state index in [0.717, 1.165) is 18.9 Å². The van der Waals surface area contributed by atoms with Gasteiger partial charge in [0.15, 0.2) is 0 Å². The molecule has 1 aliphatic rings. The molecule has 0 unspecified atom stereocenters. The van der Waals surface area contributed by atoms with Gasteiger partial charge in [-0.25, -0.2) is 17.9 Å². The highest BCUT2D eigenvalue weighted by Crippen LogP contribution is 2.33. The molecule has 6 nitrogen and oxygen atoms in total. The Kier molecular flexibility index (Phi) is 3.46. The van der Waals surface area contributed by atoms with Gasteiger partial charge < -0.3 is 10.0 Å². The van der Waals surface area contributed by atoms with Gasteiger partial charge in [-0.15, -0.1) is 0 Å². The van der Waals surface area contributed by atoms with Crippen LogP contribution in [0.4, 0.5) is 10.1 Å². The first-order valence-corrected chi connectivity index (χ1v) is 7.14. The third kappa shape index (κ3) is 3.21. The minimum Gasteiger partial charge on any atom is -0.480 e.